The molecule has 0 atom stereocenters. The molecule has 0 bridgehead atoms. The number of nitrogens with one attached hydrogen (secondary N) is 1. The third kappa shape index (κ3) is 5.05. The zero-order valence-electron chi connectivity index (χ0n) is 14.9. The van der Waals surface area contributed by atoms with E-state index in [0.717, 1.165) is 12.1 Å². The van der Waals surface area contributed by atoms with Crippen LogP contribution in [0, 0.1) is 0 Å². The average molecular weight is 396 g/mol. The number of rotatable bonds is 5. The largest absolute Gasteiger partial charge is 0.484 e. The molecular weight excluding hydrogens is 377 g/mol. The monoisotopic (exact) mass is 396 g/mol. The fourth-order valence-electron chi connectivity index (χ4n) is 2.98. The summed E-state index contributed by atoms with van der Waals surface area (Å²) in [4.78, 5) is 25.9. The number of likely N-dealkylation sites (tertiary alicyclic amines) is 1. The van der Waals surface area contributed by atoms with E-state index in [4.69, 9.17) is 9.15 Å². The lowest BCUT2D eigenvalue weighted by molar-refractivity contribution is -0.137. The highest BCUT2D eigenvalue weighted by atomic mass is 19.4. The summed E-state index contributed by atoms with van der Waals surface area (Å²) >= 11 is 0. The first-order valence-corrected chi connectivity index (χ1v) is 8.74. The standard InChI is InChI=1S/C19H19F3N2O4/c20-19(21,22)14-2-1-3-16(10-14)28-12-17(25)23-15-4-7-24(8-5-15)18(26)13-6-9-27-11-13/h1-3,6,9-11,15H,4-5,7-8,12H2,(H,23,25). The molecule has 1 fully saturated rings. The van der Waals surface area contributed by atoms with Crippen molar-refractivity contribution in [2.75, 3.05) is 19.7 Å². The number of halogens is 3. The molecular formula is C19H19F3N2O4. The minimum atomic E-state index is -4.47. The molecule has 0 spiro atoms. The number of alkyl halides is 3. The van der Waals surface area contributed by atoms with Gasteiger partial charge in [-0.15, -0.1) is 0 Å². The van der Waals surface area contributed by atoms with E-state index in [1.807, 2.05) is 0 Å². The van der Waals surface area contributed by atoms with Crippen molar-refractivity contribution in [2.45, 2.75) is 25.1 Å². The number of hydrogen-bond acceptors (Lipinski definition) is 4. The van der Waals surface area contributed by atoms with Gasteiger partial charge in [0, 0.05) is 19.1 Å². The third-order valence-corrected chi connectivity index (χ3v) is 4.45. The van der Waals surface area contributed by atoms with Gasteiger partial charge in [0.1, 0.15) is 12.0 Å². The van der Waals surface area contributed by atoms with Gasteiger partial charge in [-0.3, -0.25) is 9.59 Å². The summed E-state index contributed by atoms with van der Waals surface area (Å²) in [6.45, 7) is 0.600. The molecule has 1 aromatic heterocycles. The molecule has 28 heavy (non-hydrogen) atoms. The fourth-order valence-corrected chi connectivity index (χ4v) is 2.98. The number of benzene rings is 1. The minimum absolute atomic E-state index is 0.0227. The van der Waals surface area contributed by atoms with Crippen molar-refractivity contribution in [3.05, 3.63) is 54.0 Å². The van der Waals surface area contributed by atoms with Crippen LogP contribution < -0.4 is 10.1 Å². The third-order valence-electron chi connectivity index (χ3n) is 4.45. The molecule has 0 radical (unpaired) electrons. The Morgan fingerprint density at radius 2 is 1.96 bits per heavy atom. The summed E-state index contributed by atoms with van der Waals surface area (Å²) in [6, 6.07) is 5.86. The highest BCUT2D eigenvalue weighted by Crippen LogP contribution is 2.31. The van der Waals surface area contributed by atoms with Crippen LogP contribution >= 0.6 is 0 Å². The summed E-state index contributed by atoms with van der Waals surface area (Å²) < 4.78 is 48.1. The highest BCUT2D eigenvalue weighted by Gasteiger charge is 2.30. The number of hydrogen-bond donors (Lipinski definition) is 1. The maximum Gasteiger partial charge on any atom is 0.416 e. The Kier molecular flexibility index (Phi) is 5.91. The van der Waals surface area contributed by atoms with E-state index in [9.17, 15) is 22.8 Å². The van der Waals surface area contributed by atoms with Crippen molar-refractivity contribution in [3.8, 4) is 5.75 Å². The lowest BCUT2D eigenvalue weighted by Crippen LogP contribution is -2.47. The molecule has 0 saturated carbocycles. The molecule has 1 saturated heterocycles. The van der Waals surface area contributed by atoms with E-state index >= 15 is 0 Å². The molecule has 2 aromatic rings. The summed E-state index contributed by atoms with van der Waals surface area (Å²) in [6.07, 6.45) is -0.479. The Labute approximate surface area is 159 Å². The topological polar surface area (TPSA) is 71.8 Å². The van der Waals surface area contributed by atoms with Crippen molar-refractivity contribution in [2.24, 2.45) is 0 Å². The molecule has 1 aromatic carbocycles. The lowest BCUT2D eigenvalue weighted by atomic mass is 10.0. The second-order valence-electron chi connectivity index (χ2n) is 6.46. The summed E-state index contributed by atoms with van der Waals surface area (Å²) in [5.41, 5.74) is -0.350. The molecule has 2 heterocycles. The van der Waals surface area contributed by atoms with E-state index in [2.05, 4.69) is 5.32 Å². The van der Waals surface area contributed by atoms with Gasteiger partial charge in [0.2, 0.25) is 0 Å². The average Bonchev–Trinajstić information content (AvgIpc) is 3.21. The Bertz CT molecular complexity index is 813. The zero-order chi connectivity index (χ0) is 20.1. The van der Waals surface area contributed by atoms with Gasteiger partial charge in [-0.2, -0.15) is 13.2 Å². The SMILES string of the molecule is O=C(COc1cccc(C(F)(F)F)c1)NC1CCN(C(=O)c2ccoc2)CC1. The number of amides is 2. The van der Waals surface area contributed by atoms with Crippen LogP contribution in [0.2, 0.25) is 0 Å². The first-order chi connectivity index (χ1) is 13.3. The molecule has 150 valence electrons. The molecule has 0 aliphatic carbocycles. The molecule has 1 aliphatic heterocycles. The number of nitrogens with zero attached hydrogens (tertiary/aromatic N) is 1. The number of carbonyl (C=O) groups excluding carboxylic acids is 2. The number of ether oxygens (including phenoxy) is 1. The quantitative estimate of drug-likeness (QED) is 0.843. The minimum Gasteiger partial charge on any atom is -0.484 e. The second-order valence-corrected chi connectivity index (χ2v) is 6.46. The van der Waals surface area contributed by atoms with Crippen LogP contribution in [-0.2, 0) is 11.0 Å². The first-order valence-electron chi connectivity index (χ1n) is 8.74. The predicted octanol–water partition coefficient (Wildman–Crippen LogP) is 3.10. The Morgan fingerprint density at radius 1 is 1.21 bits per heavy atom. The highest BCUT2D eigenvalue weighted by molar-refractivity contribution is 5.93. The summed E-state index contributed by atoms with van der Waals surface area (Å²) in [5, 5.41) is 2.79. The maximum absolute atomic E-state index is 12.7. The number of carbonyl (C=O) groups is 2. The van der Waals surface area contributed by atoms with Crippen molar-refractivity contribution >= 4 is 11.8 Å². The van der Waals surface area contributed by atoms with Crippen molar-refractivity contribution in [3.63, 3.8) is 0 Å². The predicted molar refractivity (Wildman–Crippen MR) is 92.7 cm³/mol. The van der Waals surface area contributed by atoms with E-state index in [1.165, 1.54) is 24.7 Å². The first kappa shape index (κ1) is 19.8. The lowest BCUT2D eigenvalue weighted by Gasteiger charge is -2.32. The van der Waals surface area contributed by atoms with Gasteiger partial charge in [0.15, 0.2) is 6.61 Å². The molecule has 2 amide bonds. The molecule has 1 aliphatic rings. The van der Waals surface area contributed by atoms with Crippen molar-refractivity contribution in [1.82, 2.24) is 10.2 Å². The van der Waals surface area contributed by atoms with Crippen LogP contribution in [0.1, 0.15) is 28.8 Å². The van der Waals surface area contributed by atoms with Gasteiger partial charge < -0.3 is 19.4 Å². The molecule has 1 N–H and O–H groups in total. The normalized spacial score (nSPS) is 15.3. The maximum atomic E-state index is 12.7. The Balaban J connectivity index is 1.43. The zero-order valence-corrected chi connectivity index (χ0v) is 14.9. The van der Waals surface area contributed by atoms with Crippen LogP contribution in [0.15, 0.2) is 47.3 Å². The smallest absolute Gasteiger partial charge is 0.416 e. The summed E-state index contributed by atoms with van der Waals surface area (Å²) in [5.74, 6) is -0.561. The van der Waals surface area contributed by atoms with E-state index in [0.29, 0.717) is 31.5 Å². The number of furan rings is 1. The van der Waals surface area contributed by atoms with Crippen LogP contribution in [0.5, 0.6) is 5.75 Å². The molecule has 6 nitrogen and oxygen atoms in total. The number of piperidine rings is 1. The van der Waals surface area contributed by atoms with Gasteiger partial charge in [0.05, 0.1) is 17.4 Å². The van der Waals surface area contributed by atoms with E-state index < -0.39 is 17.6 Å². The van der Waals surface area contributed by atoms with E-state index in [-0.39, 0.29) is 24.3 Å². The van der Waals surface area contributed by atoms with Crippen LogP contribution in [0.4, 0.5) is 13.2 Å². The van der Waals surface area contributed by atoms with Crippen LogP contribution in [0.25, 0.3) is 0 Å². The van der Waals surface area contributed by atoms with Crippen LogP contribution in [0.3, 0.4) is 0 Å². The fraction of sp³-hybridized carbons (Fsp3) is 0.368. The molecule has 0 unspecified atom stereocenters. The van der Waals surface area contributed by atoms with Gasteiger partial charge in [-0.1, -0.05) is 6.07 Å². The van der Waals surface area contributed by atoms with E-state index in [1.54, 1.807) is 11.0 Å². The Hall–Kier alpha value is -2.97. The molecule has 3 rings (SSSR count). The second kappa shape index (κ2) is 8.37. The Morgan fingerprint density at radius 3 is 2.61 bits per heavy atom. The van der Waals surface area contributed by atoms with Crippen molar-refractivity contribution < 1.29 is 31.9 Å². The van der Waals surface area contributed by atoms with Gasteiger partial charge in [-0.25, -0.2) is 0 Å². The van der Waals surface area contributed by atoms with Crippen molar-refractivity contribution in [1.29, 1.82) is 0 Å². The summed E-state index contributed by atoms with van der Waals surface area (Å²) in [7, 11) is 0. The molecule has 9 heteroatoms. The van der Waals surface area contributed by atoms with Crippen LogP contribution in [-0.4, -0.2) is 42.5 Å². The van der Waals surface area contributed by atoms with Gasteiger partial charge in [-0.05, 0) is 37.1 Å². The van der Waals surface area contributed by atoms with Gasteiger partial charge >= 0.3 is 6.18 Å². The van der Waals surface area contributed by atoms with Gasteiger partial charge in [0.25, 0.3) is 11.8 Å².